The third-order valence-corrected chi connectivity index (χ3v) is 5.50. The van der Waals surface area contributed by atoms with Crippen LogP contribution in [0, 0.1) is 5.92 Å². The summed E-state index contributed by atoms with van der Waals surface area (Å²) in [5, 5.41) is 22.2. The Labute approximate surface area is 200 Å². The second kappa shape index (κ2) is 11.9. The standard InChI is InChI=1S/C28H31NO5/c1-19(2)16-24(22-8-4-3-5-9-22)29-28(33)23-17-20(12-13-21(23)14-15-27(31)32)18-34-26-11-7-6-10-25(26)30/h3-13,17,19,24,30H,14-16,18H2,1-2H3,(H,29,33)(H,31,32). The lowest BCUT2D eigenvalue weighted by Gasteiger charge is -2.22. The van der Waals surface area contributed by atoms with Gasteiger partial charge in [-0.3, -0.25) is 9.59 Å². The van der Waals surface area contributed by atoms with E-state index in [1.807, 2.05) is 36.4 Å². The number of carboxylic acids is 1. The quantitative estimate of drug-likeness (QED) is 0.350. The maximum atomic E-state index is 13.4. The molecule has 0 aliphatic carbocycles. The first-order chi connectivity index (χ1) is 16.3. The highest BCUT2D eigenvalue weighted by molar-refractivity contribution is 5.96. The Balaban J connectivity index is 1.85. The minimum Gasteiger partial charge on any atom is -0.504 e. The number of ether oxygens (including phenoxy) is 1. The normalized spacial score (nSPS) is 11.7. The summed E-state index contributed by atoms with van der Waals surface area (Å²) in [5.74, 6) is -0.405. The van der Waals surface area contributed by atoms with Gasteiger partial charge in [0.1, 0.15) is 6.61 Å². The van der Waals surface area contributed by atoms with E-state index in [9.17, 15) is 14.7 Å². The molecule has 0 spiro atoms. The van der Waals surface area contributed by atoms with Crippen LogP contribution in [0.25, 0.3) is 0 Å². The number of carboxylic acid groups (broad SMARTS) is 1. The highest BCUT2D eigenvalue weighted by atomic mass is 16.5. The van der Waals surface area contributed by atoms with Crippen LogP contribution in [-0.4, -0.2) is 22.1 Å². The molecular formula is C28H31NO5. The number of benzene rings is 3. The zero-order chi connectivity index (χ0) is 24.5. The van der Waals surface area contributed by atoms with Gasteiger partial charge in [-0.1, -0.05) is 68.4 Å². The molecule has 0 heterocycles. The number of phenolic OH excluding ortho intramolecular Hbond substituents is 1. The summed E-state index contributed by atoms with van der Waals surface area (Å²) in [6, 6.07) is 21.7. The zero-order valence-electron chi connectivity index (χ0n) is 19.5. The number of nitrogens with one attached hydrogen (secondary N) is 1. The number of aryl methyl sites for hydroxylation is 1. The van der Waals surface area contributed by atoms with Gasteiger partial charge in [0.05, 0.1) is 6.04 Å². The minimum atomic E-state index is -0.916. The van der Waals surface area contributed by atoms with Crippen LogP contribution in [0.1, 0.15) is 59.8 Å². The molecule has 0 radical (unpaired) electrons. The lowest BCUT2D eigenvalue weighted by molar-refractivity contribution is -0.136. The third-order valence-electron chi connectivity index (χ3n) is 5.50. The Bertz CT molecular complexity index is 1110. The predicted molar refractivity (Wildman–Crippen MR) is 131 cm³/mol. The molecule has 3 N–H and O–H groups in total. The van der Waals surface area contributed by atoms with E-state index < -0.39 is 5.97 Å². The van der Waals surface area contributed by atoms with Gasteiger partial charge in [0.2, 0.25) is 0 Å². The molecule has 1 atom stereocenters. The number of rotatable bonds is 11. The lowest BCUT2D eigenvalue weighted by Crippen LogP contribution is -2.30. The molecule has 6 nitrogen and oxygen atoms in total. The smallest absolute Gasteiger partial charge is 0.303 e. The van der Waals surface area contributed by atoms with Crippen molar-refractivity contribution in [2.45, 2.75) is 45.8 Å². The van der Waals surface area contributed by atoms with Crippen molar-refractivity contribution in [2.75, 3.05) is 0 Å². The van der Waals surface area contributed by atoms with Crippen LogP contribution in [0.5, 0.6) is 11.5 Å². The van der Waals surface area contributed by atoms with Gasteiger partial charge in [0.25, 0.3) is 5.91 Å². The summed E-state index contributed by atoms with van der Waals surface area (Å²) in [6.45, 7) is 4.37. The molecule has 0 fully saturated rings. The summed E-state index contributed by atoms with van der Waals surface area (Å²) in [4.78, 5) is 24.6. The van der Waals surface area contributed by atoms with Crippen molar-refractivity contribution in [1.29, 1.82) is 0 Å². The topological polar surface area (TPSA) is 95.9 Å². The number of carbonyl (C=O) groups is 2. The zero-order valence-corrected chi connectivity index (χ0v) is 19.5. The van der Waals surface area contributed by atoms with Crippen LogP contribution >= 0.6 is 0 Å². The van der Waals surface area contributed by atoms with E-state index in [-0.39, 0.29) is 37.1 Å². The van der Waals surface area contributed by atoms with E-state index in [4.69, 9.17) is 9.84 Å². The minimum absolute atomic E-state index is 0.0398. The predicted octanol–water partition coefficient (Wildman–Crippen LogP) is 5.51. The first-order valence-corrected chi connectivity index (χ1v) is 11.4. The molecule has 1 amide bonds. The van der Waals surface area contributed by atoms with Crippen molar-refractivity contribution < 1.29 is 24.5 Å². The third kappa shape index (κ3) is 7.10. The molecule has 0 saturated heterocycles. The van der Waals surface area contributed by atoms with Gasteiger partial charge in [0, 0.05) is 12.0 Å². The largest absolute Gasteiger partial charge is 0.504 e. The van der Waals surface area contributed by atoms with Crippen LogP contribution in [0.15, 0.2) is 72.8 Å². The van der Waals surface area contributed by atoms with Crippen LogP contribution < -0.4 is 10.1 Å². The number of amides is 1. The van der Waals surface area contributed by atoms with Gasteiger partial charge in [-0.2, -0.15) is 0 Å². The van der Waals surface area contributed by atoms with Crippen molar-refractivity contribution in [3.63, 3.8) is 0 Å². The molecule has 178 valence electrons. The monoisotopic (exact) mass is 461 g/mol. The van der Waals surface area contributed by atoms with E-state index in [0.717, 1.165) is 17.5 Å². The van der Waals surface area contributed by atoms with Crippen LogP contribution in [-0.2, 0) is 17.8 Å². The molecule has 0 saturated carbocycles. The Morgan fingerprint density at radius 3 is 2.35 bits per heavy atom. The lowest BCUT2D eigenvalue weighted by atomic mass is 9.95. The van der Waals surface area contributed by atoms with E-state index in [0.29, 0.717) is 22.8 Å². The molecular weight excluding hydrogens is 430 g/mol. The summed E-state index contributed by atoms with van der Waals surface area (Å²) >= 11 is 0. The summed E-state index contributed by atoms with van der Waals surface area (Å²) in [6.07, 6.45) is 0.956. The second-order valence-electron chi connectivity index (χ2n) is 8.71. The molecule has 34 heavy (non-hydrogen) atoms. The number of phenols is 1. The fraction of sp³-hybridized carbons (Fsp3) is 0.286. The summed E-state index contributed by atoms with van der Waals surface area (Å²) in [5.41, 5.74) is 2.87. The van der Waals surface area contributed by atoms with Crippen LogP contribution in [0.4, 0.5) is 0 Å². The highest BCUT2D eigenvalue weighted by Crippen LogP contribution is 2.26. The van der Waals surface area contributed by atoms with Gasteiger partial charge in [-0.25, -0.2) is 0 Å². The molecule has 0 aliphatic rings. The number of para-hydroxylation sites is 2. The Morgan fingerprint density at radius 1 is 0.971 bits per heavy atom. The summed E-state index contributed by atoms with van der Waals surface area (Å²) in [7, 11) is 0. The maximum absolute atomic E-state index is 13.4. The second-order valence-corrected chi connectivity index (χ2v) is 8.71. The van der Waals surface area contributed by atoms with Crippen LogP contribution in [0.2, 0.25) is 0 Å². The average molecular weight is 462 g/mol. The fourth-order valence-electron chi connectivity index (χ4n) is 3.80. The maximum Gasteiger partial charge on any atom is 0.303 e. The number of hydrogen-bond acceptors (Lipinski definition) is 4. The average Bonchev–Trinajstić information content (AvgIpc) is 2.82. The molecule has 3 rings (SSSR count). The first kappa shape index (κ1) is 24.8. The van der Waals surface area contributed by atoms with Crippen molar-refractivity contribution in [3.05, 3.63) is 95.1 Å². The van der Waals surface area contributed by atoms with Gasteiger partial charge < -0.3 is 20.3 Å². The Kier molecular flexibility index (Phi) is 8.68. The number of aliphatic carboxylic acids is 1. The van der Waals surface area contributed by atoms with Crippen molar-refractivity contribution in [2.24, 2.45) is 5.92 Å². The van der Waals surface area contributed by atoms with Gasteiger partial charge >= 0.3 is 5.97 Å². The van der Waals surface area contributed by atoms with E-state index in [1.165, 1.54) is 0 Å². The molecule has 1 unspecified atom stereocenters. The van der Waals surface area contributed by atoms with E-state index >= 15 is 0 Å². The van der Waals surface area contributed by atoms with E-state index in [1.54, 1.807) is 36.4 Å². The number of aromatic hydroxyl groups is 1. The first-order valence-electron chi connectivity index (χ1n) is 11.4. The van der Waals surface area contributed by atoms with Crippen molar-refractivity contribution in [1.82, 2.24) is 5.32 Å². The van der Waals surface area contributed by atoms with Gasteiger partial charge in [0.15, 0.2) is 11.5 Å². The van der Waals surface area contributed by atoms with Gasteiger partial charge in [-0.05, 0) is 53.6 Å². The molecule has 0 aliphatic heterocycles. The molecule has 0 bridgehead atoms. The Hall–Kier alpha value is -3.80. The SMILES string of the molecule is CC(C)CC(NC(=O)c1cc(COc2ccccc2O)ccc1CCC(=O)O)c1ccccc1. The van der Waals surface area contributed by atoms with Crippen molar-refractivity contribution >= 4 is 11.9 Å². The van der Waals surface area contributed by atoms with Crippen LogP contribution in [0.3, 0.4) is 0 Å². The summed E-state index contributed by atoms with van der Waals surface area (Å²) < 4.78 is 5.72. The van der Waals surface area contributed by atoms with Crippen molar-refractivity contribution in [3.8, 4) is 11.5 Å². The Morgan fingerprint density at radius 2 is 1.68 bits per heavy atom. The highest BCUT2D eigenvalue weighted by Gasteiger charge is 2.20. The molecule has 3 aromatic rings. The molecule has 0 aromatic heterocycles. The van der Waals surface area contributed by atoms with E-state index in [2.05, 4.69) is 19.2 Å². The van der Waals surface area contributed by atoms with Gasteiger partial charge in [-0.15, -0.1) is 0 Å². The molecule has 3 aromatic carbocycles. The fourth-order valence-corrected chi connectivity index (χ4v) is 3.80. The molecule has 6 heteroatoms. The number of carbonyl (C=O) groups excluding carboxylic acids is 1. The number of hydrogen-bond donors (Lipinski definition) is 3.